The number of benzene rings is 2. The molecule has 0 bridgehead atoms. The van der Waals surface area contributed by atoms with Gasteiger partial charge in [0.15, 0.2) is 0 Å². The van der Waals surface area contributed by atoms with E-state index in [-0.39, 0.29) is 18.4 Å². The predicted octanol–water partition coefficient (Wildman–Crippen LogP) is 2.39. The van der Waals surface area contributed by atoms with Crippen molar-refractivity contribution in [1.29, 1.82) is 0 Å². The van der Waals surface area contributed by atoms with Crippen LogP contribution in [0.4, 0.5) is 0 Å². The lowest BCUT2D eigenvalue weighted by molar-refractivity contribution is 0.0901. The SMILES string of the molecule is O=C(NC(CO)c1nc(-c2ccc(-n3cccn3)cc2)no1)c1ccccc1. The summed E-state index contributed by atoms with van der Waals surface area (Å²) in [4.78, 5) is 16.6. The van der Waals surface area contributed by atoms with Gasteiger partial charge in [0.2, 0.25) is 5.82 Å². The molecule has 140 valence electrons. The van der Waals surface area contributed by atoms with Crippen molar-refractivity contribution in [3.8, 4) is 17.1 Å². The number of hydrogen-bond acceptors (Lipinski definition) is 6. The largest absolute Gasteiger partial charge is 0.394 e. The maximum Gasteiger partial charge on any atom is 0.251 e. The second-order valence-electron chi connectivity index (χ2n) is 6.03. The van der Waals surface area contributed by atoms with E-state index < -0.39 is 6.04 Å². The van der Waals surface area contributed by atoms with E-state index in [1.54, 1.807) is 35.1 Å². The van der Waals surface area contributed by atoms with E-state index in [0.717, 1.165) is 11.3 Å². The fourth-order valence-electron chi connectivity index (χ4n) is 2.70. The van der Waals surface area contributed by atoms with Crippen molar-refractivity contribution in [1.82, 2.24) is 25.2 Å². The summed E-state index contributed by atoms with van der Waals surface area (Å²) in [5.41, 5.74) is 2.13. The Morgan fingerprint density at radius 2 is 1.89 bits per heavy atom. The second kappa shape index (κ2) is 7.85. The number of aliphatic hydroxyl groups is 1. The molecular formula is C20H17N5O3. The van der Waals surface area contributed by atoms with E-state index in [0.29, 0.717) is 11.4 Å². The number of carbonyl (C=O) groups excluding carboxylic acids is 1. The molecule has 4 rings (SSSR count). The van der Waals surface area contributed by atoms with Crippen LogP contribution in [0.1, 0.15) is 22.3 Å². The first-order valence-electron chi connectivity index (χ1n) is 8.65. The van der Waals surface area contributed by atoms with Crippen molar-refractivity contribution in [3.63, 3.8) is 0 Å². The molecule has 4 aromatic rings. The van der Waals surface area contributed by atoms with Gasteiger partial charge in [0.25, 0.3) is 11.8 Å². The van der Waals surface area contributed by atoms with Gasteiger partial charge in [0, 0.05) is 23.5 Å². The van der Waals surface area contributed by atoms with Gasteiger partial charge < -0.3 is 14.9 Å². The Kier molecular flexibility index (Phi) is 4.94. The summed E-state index contributed by atoms with van der Waals surface area (Å²) in [7, 11) is 0. The molecule has 8 nitrogen and oxygen atoms in total. The van der Waals surface area contributed by atoms with Crippen LogP contribution in [0.25, 0.3) is 17.1 Å². The first-order valence-corrected chi connectivity index (χ1v) is 8.65. The van der Waals surface area contributed by atoms with Gasteiger partial charge in [-0.15, -0.1) is 0 Å². The summed E-state index contributed by atoms with van der Waals surface area (Å²) in [6.45, 7) is -0.363. The Balaban J connectivity index is 1.50. The van der Waals surface area contributed by atoms with E-state index in [1.165, 1.54) is 0 Å². The van der Waals surface area contributed by atoms with Gasteiger partial charge in [-0.05, 0) is 42.5 Å². The highest BCUT2D eigenvalue weighted by molar-refractivity contribution is 5.94. The molecule has 1 amide bonds. The summed E-state index contributed by atoms with van der Waals surface area (Å²) in [6, 6.07) is 17.2. The van der Waals surface area contributed by atoms with Crippen molar-refractivity contribution < 1.29 is 14.4 Å². The first kappa shape index (κ1) is 17.6. The normalized spacial score (nSPS) is 11.9. The van der Waals surface area contributed by atoms with Crippen LogP contribution in [0.2, 0.25) is 0 Å². The van der Waals surface area contributed by atoms with Crippen molar-refractivity contribution in [2.24, 2.45) is 0 Å². The zero-order chi connectivity index (χ0) is 19.3. The number of amides is 1. The average molecular weight is 375 g/mol. The lowest BCUT2D eigenvalue weighted by atomic mass is 10.2. The molecule has 2 aromatic heterocycles. The molecule has 0 aliphatic heterocycles. The Hall–Kier alpha value is -3.78. The lowest BCUT2D eigenvalue weighted by Gasteiger charge is -2.11. The molecule has 0 saturated heterocycles. The number of aliphatic hydroxyl groups excluding tert-OH is 1. The highest BCUT2D eigenvalue weighted by Crippen LogP contribution is 2.20. The van der Waals surface area contributed by atoms with Crippen molar-refractivity contribution in [2.75, 3.05) is 6.61 Å². The maximum atomic E-state index is 12.3. The minimum Gasteiger partial charge on any atom is -0.394 e. The van der Waals surface area contributed by atoms with Crippen molar-refractivity contribution >= 4 is 5.91 Å². The van der Waals surface area contributed by atoms with Gasteiger partial charge in [0.1, 0.15) is 6.04 Å². The van der Waals surface area contributed by atoms with Gasteiger partial charge in [0.05, 0.1) is 12.3 Å². The molecule has 0 radical (unpaired) electrons. The molecule has 1 atom stereocenters. The Bertz CT molecular complexity index is 1040. The first-order chi connectivity index (χ1) is 13.7. The van der Waals surface area contributed by atoms with Crippen LogP contribution < -0.4 is 5.32 Å². The number of aromatic nitrogens is 4. The number of carbonyl (C=O) groups is 1. The minimum atomic E-state index is -0.794. The minimum absolute atomic E-state index is 0.137. The van der Waals surface area contributed by atoms with E-state index in [4.69, 9.17) is 4.52 Å². The third-order valence-electron chi connectivity index (χ3n) is 4.16. The monoisotopic (exact) mass is 375 g/mol. The Labute approximate surface area is 160 Å². The van der Waals surface area contributed by atoms with E-state index in [2.05, 4.69) is 20.6 Å². The Morgan fingerprint density at radius 1 is 1.11 bits per heavy atom. The lowest BCUT2D eigenvalue weighted by Crippen LogP contribution is -2.31. The van der Waals surface area contributed by atoms with Crippen LogP contribution in [0, 0.1) is 0 Å². The van der Waals surface area contributed by atoms with Crippen LogP contribution in [0.3, 0.4) is 0 Å². The van der Waals surface area contributed by atoms with Crippen LogP contribution >= 0.6 is 0 Å². The van der Waals surface area contributed by atoms with Crippen molar-refractivity contribution in [3.05, 3.63) is 84.5 Å². The predicted molar refractivity (Wildman–Crippen MR) is 101 cm³/mol. The standard InChI is InChI=1S/C20H17N5O3/c26-13-17(22-19(27)15-5-2-1-3-6-15)20-23-18(24-28-20)14-7-9-16(10-8-14)25-12-4-11-21-25/h1-12,17,26H,13H2,(H,22,27). The maximum absolute atomic E-state index is 12.3. The average Bonchev–Trinajstić information content (AvgIpc) is 3.45. The van der Waals surface area contributed by atoms with E-state index in [1.807, 2.05) is 42.6 Å². The summed E-state index contributed by atoms with van der Waals surface area (Å²) in [5, 5.41) is 20.5. The topological polar surface area (TPSA) is 106 Å². The van der Waals surface area contributed by atoms with Crippen LogP contribution in [0.5, 0.6) is 0 Å². The van der Waals surface area contributed by atoms with E-state index in [9.17, 15) is 9.90 Å². The highest BCUT2D eigenvalue weighted by atomic mass is 16.5. The third kappa shape index (κ3) is 3.67. The zero-order valence-electron chi connectivity index (χ0n) is 14.8. The molecule has 1 unspecified atom stereocenters. The number of rotatable bonds is 6. The smallest absolute Gasteiger partial charge is 0.251 e. The van der Waals surface area contributed by atoms with Gasteiger partial charge >= 0.3 is 0 Å². The molecule has 2 N–H and O–H groups in total. The molecule has 0 aliphatic carbocycles. The molecular weight excluding hydrogens is 358 g/mol. The summed E-state index contributed by atoms with van der Waals surface area (Å²) in [6.07, 6.45) is 3.56. The Morgan fingerprint density at radius 3 is 2.57 bits per heavy atom. The molecule has 8 heteroatoms. The molecule has 0 aliphatic rings. The summed E-state index contributed by atoms with van der Waals surface area (Å²) in [5.74, 6) is 0.176. The van der Waals surface area contributed by atoms with Gasteiger partial charge in [-0.1, -0.05) is 23.4 Å². The zero-order valence-corrected chi connectivity index (χ0v) is 14.8. The quantitative estimate of drug-likeness (QED) is 0.536. The van der Waals surface area contributed by atoms with Crippen LogP contribution in [0.15, 0.2) is 77.6 Å². The number of nitrogens with zero attached hydrogens (tertiary/aromatic N) is 4. The van der Waals surface area contributed by atoms with Crippen molar-refractivity contribution in [2.45, 2.75) is 6.04 Å². The fraction of sp³-hybridized carbons (Fsp3) is 0.100. The van der Waals surface area contributed by atoms with Gasteiger partial charge in [-0.2, -0.15) is 10.1 Å². The molecule has 0 saturated carbocycles. The van der Waals surface area contributed by atoms with E-state index >= 15 is 0 Å². The number of hydrogen-bond donors (Lipinski definition) is 2. The molecule has 28 heavy (non-hydrogen) atoms. The fourth-order valence-corrected chi connectivity index (χ4v) is 2.70. The molecule has 2 heterocycles. The molecule has 0 spiro atoms. The molecule has 0 fully saturated rings. The second-order valence-corrected chi connectivity index (χ2v) is 6.03. The van der Waals surface area contributed by atoms with Crippen LogP contribution in [-0.2, 0) is 0 Å². The summed E-state index contributed by atoms with van der Waals surface area (Å²) >= 11 is 0. The highest BCUT2D eigenvalue weighted by Gasteiger charge is 2.21. The summed E-state index contributed by atoms with van der Waals surface area (Å²) < 4.78 is 7.00. The third-order valence-corrected chi connectivity index (χ3v) is 4.16. The van der Waals surface area contributed by atoms with Gasteiger partial charge in [-0.25, -0.2) is 4.68 Å². The van der Waals surface area contributed by atoms with Gasteiger partial charge in [-0.3, -0.25) is 4.79 Å². The molecule has 2 aromatic carbocycles. The number of nitrogens with one attached hydrogen (secondary N) is 1. The van der Waals surface area contributed by atoms with Crippen LogP contribution in [-0.4, -0.2) is 37.5 Å².